The summed E-state index contributed by atoms with van der Waals surface area (Å²) in [4.78, 5) is 24.3. The van der Waals surface area contributed by atoms with Gasteiger partial charge in [-0.25, -0.2) is 4.98 Å². The third-order valence-corrected chi connectivity index (χ3v) is 4.85. The molecule has 1 amide bonds. The lowest BCUT2D eigenvalue weighted by molar-refractivity contribution is 0.100. The summed E-state index contributed by atoms with van der Waals surface area (Å²) < 4.78 is 5.38. The van der Waals surface area contributed by atoms with Gasteiger partial charge in [-0.15, -0.1) is 0 Å². The van der Waals surface area contributed by atoms with Crippen molar-refractivity contribution in [2.45, 2.75) is 13.3 Å². The molecule has 4 rings (SSSR count). The predicted octanol–water partition coefficient (Wildman–Crippen LogP) is 4.15. The number of aromatic amines is 1. The number of carbonyl (C=O) groups is 1. The van der Waals surface area contributed by atoms with Crippen molar-refractivity contribution >= 4 is 5.91 Å². The van der Waals surface area contributed by atoms with E-state index in [9.17, 15) is 4.79 Å². The molecule has 3 N–H and O–H groups in total. The van der Waals surface area contributed by atoms with Crippen molar-refractivity contribution in [3.63, 3.8) is 0 Å². The Balaban J connectivity index is 1.76. The number of ether oxygens (including phenoxy) is 1. The number of nitrogens with one attached hydrogen (secondary N) is 1. The summed E-state index contributed by atoms with van der Waals surface area (Å²) in [7, 11) is 1.65. The van der Waals surface area contributed by atoms with E-state index < -0.39 is 5.91 Å². The second kappa shape index (κ2) is 8.21. The normalized spacial score (nSPS) is 10.7. The van der Waals surface area contributed by atoms with Crippen molar-refractivity contribution in [1.82, 2.24) is 15.0 Å². The Morgan fingerprint density at radius 2 is 1.80 bits per heavy atom. The van der Waals surface area contributed by atoms with Crippen LogP contribution in [0.2, 0.25) is 0 Å². The highest BCUT2D eigenvalue weighted by atomic mass is 16.5. The number of benzene rings is 2. The van der Waals surface area contributed by atoms with Crippen molar-refractivity contribution < 1.29 is 9.53 Å². The molecule has 0 bridgehead atoms. The van der Waals surface area contributed by atoms with Gasteiger partial charge in [0.05, 0.1) is 24.2 Å². The topological polar surface area (TPSA) is 93.9 Å². The molecule has 0 fully saturated rings. The zero-order valence-corrected chi connectivity index (χ0v) is 16.8. The van der Waals surface area contributed by atoms with Gasteiger partial charge in [0.25, 0.3) is 0 Å². The number of nitrogens with zero attached hydrogens (tertiary/aromatic N) is 2. The molecule has 0 aliphatic rings. The first-order valence-electron chi connectivity index (χ1n) is 9.59. The Bertz CT molecular complexity index is 1200. The molecule has 2 aromatic heterocycles. The van der Waals surface area contributed by atoms with Crippen molar-refractivity contribution in [2.75, 3.05) is 7.11 Å². The number of nitrogens with two attached hydrogens (primary N) is 1. The van der Waals surface area contributed by atoms with E-state index in [0.29, 0.717) is 12.0 Å². The molecule has 0 saturated heterocycles. The Hall–Kier alpha value is -3.93. The van der Waals surface area contributed by atoms with E-state index in [2.05, 4.69) is 9.97 Å². The molecule has 0 radical (unpaired) electrons. The summed E-state index contributed by atoms with van der Waals surface area (Å²) in [6, 6.07) is 21.0. The minimum absolute atomic E-state index is 0.437. The third kappa shape index (κ3) is 4.07. The van der Waals surface area contributed by atoms with Crippen LogP contribution in [-0.4, -0.2) is 28.0 Å². The molecule has 0 unspecified atom stereocenters. The standard InChI is InChI=1S/C24H22N4O2/c1-15-5-3-8-20(26-15)23-22(18-6-4-7-19(14-18)30-2)27-21(28-23)13-16-9-11-17(12-10-16)24(25)29/h3-12,14H,13H2,1-2H3,(H2,25,29)(H,27,28). The van der Waals surface area contributed by atoms with Crippen LogP contribution in [0.1, 0.15) is 27.4 Å². The lowest BCUT2D eigenvalue weighted by Crippen LogP contribution is -2.10. The van der Waals surface area contributed by atoms with E-state index in [1.54, 1.807) is 19.2 Å². The van der Waals surface area contributed by atoms with Crippen molar-refractivity contribution in [2.24, 2.45) is 5.73 Å². The monoisotopic (exact) mass is 398 g/mol. The highest BCUT2D eigenvalue weighted by Crippen LogP contribution is 2.31. The molecule has 2 heterocycles. The highest BCUT2D eigenvalue weighted by molar-refractivity contribution is 5.92. The van der Waals surface area contributed by atoms with Gasteiger partial charge in [-0.05, 0) is 48.9 Å². The highest BCUT2D eigenvalue weighted by Gasteiger charge is 2.16. The van der Waals surface area contributed by atoms with Crippen molar-refractivity contribution in [3.8, 4) is 28.4 Å². The van der Waals surface area contributed by atoms with E-state index in [-0.39, 0.29) is 0 Å². The summed E-state index contributed by atoms with van der Waals surface area (Å²) in [6.45, 7) is 1.96. The van der Waals surface area contributed by atoms with Crippen molar-refractivity contribution in [1.29, 1.82) is 0 Å². The summed E-state index contributed by atoms with van der Waals surface area (Å²) in [5.74, 6) is 1.13. The number of hydrogen-bond acceptors (Lipinski definition) is 4. The van der Waals surface area contributed by atoms with E-state index in [4.69, 9.17) is 15.5 Å². The molecule has 4 aromatic rings. The predicted molar refractivity (Wildman–Crippen MR) is 116 cm³/mol. The number of carbonyl (C=O) groups excluding carboxylic acids is 1. The van der Waals surface area contributed by atoms with Gasteiger partial charge in [0.15, 0.2) is 0 Å². The minimum atomic E-state index is -0.437. The van der Waals surface area contributed by atoms with Crippen LogP contribution in [0.15, 0.2) is 66.7 Å². The lowest BCUT2D eigenvalue weighted by Gasteiger charge is -2.05. The number of H-pyrrole nitrogens is 1. The number of rotatable bonds is 6. The van der Waals surface area contributed by atoms with Gasteiger partial charge in [0.1, 0.15) is 11.6 Å². The largest absolute Gasteiger partial charge is 0.497 e. The molecule has 0 atom stereocenters. The van der Waals surface area contributed by atoms with Gasteiger partial charge in [-0.2, -0.15) is 0 Å². The maximum atomic E-state index is 11.3. The van der Waals surface area contributed by atoms with Gasteiger partial charge in [-0.3, -0.25) is 9.78 Å². The maximum absolute atomic E-state index is 11.3. The van der Waals surface area contributed by atoms with E-state index in [0.717, 1.165) is 45.5 Å². The number of aromatic nitrogens is 3. The molecule has 0 aliphatic heterocycles. The van der Waals surface area contributed by atoms with Crippen LogP contribution in [0.3, 0.4) is 0 Å². The first kappa shape index (κ1) is 19.4. The van der Waals surface area contributed by atoms with Crippen LogP contribution in [0.25, 0.3) is 22.6 Å². The summed E-state index contributed by atoms with van der Waals surface area (Å²) in [5, 5.41) is 0. The average Bonchev–Trinajstić information content (AvgIpc) is 3.18. The molecule has 6 nitrogen and oxygen atoms in total. The Morgan fingerprint density at radius 3 is 2.50 bits per heavy atom. The third-order valence-electron chi connectivity index (χ3n) is 4.85. The van der Waals surface area contributed by atoms with Gasteiger partial charge in [0.2, 0.25) is 5.91 Å². The van der Waals surface area contributed by atoms with Crippen LogP contribution in [0.5, 0.6) is 5.75 Å². The molecule has 0 aliphatic carbocycles. The first-order chi connectivity index (χ1) is 14.5. The van der Waals surface area contributed by atoms with Crippen LogP contribution >= 0.6 is 0 Å². The number of hydrogen-bond donors (Lipinski definition) is 2. The zero-order chi connectivity index (χ0) is 21.1. The summed E-state index contributed by atoms with van der Waals surface area (Å²) in [6.07, 6.45) is 0.585. The Labute approximate surface area is 174 Å². The average molecular weight is 398 g/mol. The molecule has 2 aromatic carbocycles. The Morgan fingerprint density at radius 1 is 1.03 bits per heavy atom. The number of pyridine rings is 1. The van der Waals surface area contributed by atoms with E-state index in [1.807, 2.05) is 61.5 Å². The SMILES string of the molecule is COc1cccc(-c2nc(Cc3ccc(C(N)=O)cc3)[nH]c2-c2cccc(C)n2)c1. The molecular formula is C24H22N4O2. The number of primary amides is 1. The number of aryl methyl sites for hydroxylation is 1. The van der Waals surface area contributed by atoms with Gasteiger partial charge in [-0.1, -0.05) is 30.3 Å². The summed E-state index contributed by atoms with van der Waals surface area (Å²) in [5.41, 5.74) is 11.2. The second-order valence-electron chi connectivity index (χ2n) is 7.04. The molecule has 0 saturated carbocycles. The van der Waals surface area contributed by atoms with Crippen LogP contribution in [0.4, 0.5) is 0 Å². The maximum Gasteiger partial charge on any atom is 0.248 e. The fourth-order valence-electron chi connectivity index (χ4n) is 3.33. The number of imidazole rings is 1. The minimum Gasteiger partial charge on any atom is -0.497 e. The van der Waals surface area contributed by atoms with E-state index >= 15 is 0 Å². The lowest BCUT2D eigenvalue weighted by atomic mass is 10.1. The first-order valence-corrected chi connectivity index (χ1v) is 9.59. The zero-order valence-electron chi connectivity index (χ0n) is 16.8. The molecule has 0 spiro atoms. The quantitative estimate of drug-likeness (QED) is 0.510. The van der Waals surface area contributed by atoms with Crippen LogP contribution < -0.4 is 10.5 Å². The van der Waals surface area contributed by atoms with Crippen LogP contribution in [0, 0.1) is 6.92 Å². The van der Waals surface area contributed by atoms with Crippen molar-refractivity contribution in [3.05, 3.63) is 89.4 Å². The summed E-state index contributed by atoms with van der Waals surface area (Å²) >= 11 is 0. The fraction of sp³-hybridized carbons (Fsp3) is 0.125. The molecule has 30 heavy (non-hydrogen) atoms. The van der Waals surface area contributed by atoms with E-state index in [1.165, 1.54) is 0 Å². The Kier molecular flexibility index (Phi) is 5.30. The molecule has 6 heteroatoms. The van der Waals surface area contributed by atoms with Crippen LogP contribution in [-0.2, 0) is 6.42 Å². The van der Waals surface area contributed by atoms with Gasteiger partial charge >= 0.3 is 0 Å². The molecule has 150 valence electrons. The fourth-order valence-corrected chi connectivity index (χ4v) is 3.33. The smallest absolute Gasteiger partial charge is 0.248 e. The molecular weight excluding hydrogens is 376 g/mol. The van der Waals surface area contributed by atoms with Gasteiger partial charge in [0, 0.05) is 23.2 Å². The number of methoxy groups -OCH3 is 1. The second-order valence-corrected chi connectivity index (χ2v) is 7.04. The number of amides is 1. The van der Waals surface area contributed by atoms with Gasteiger partial charge < -0.3 is 15.5 Å².